The second-order valence-electron chi connectivity index (χ2n) is 11.2. The van der Waals surface area contributed by atoms with Crippen LogP contribution in [-0.2, 0) is 30.8 Å². The van der Waals surface area contributed by atoms with Crippen LogP contribution in [0.3, 0.4) is 0 Å². The third-order valence-electron chi connectivity index (χ3n) is 7.48. The number of hydrogen-bond acceptors (Lipinski definition) is 11. The smallest absolute Gasteiger partial charge is 0.257 e. The lowest BCUT2D eigenvalue weighted by atomic mass is 10.0. The van der Waals surface area contributed by atoms with Gasteiger partial charge in [0.2, 0.25) is 5.91 Å². The average molecular weight is 645 g/mol. The molecule has 0 radical (unpaired) electrons. The Balaban J connectivity index is 1.29. The van der Waals surface area contributed by atoms with Crippen molar-refractivity contribution in [3.8, 4) is 0 Å². The van der Waals surface area contributed by atoms with E-state index in [0.717, 1.165) is 17.1 Å². The Bertz CT molecular complexity index is 1500. The number of nitrogens with one attached hydrogen (secondary N) is 1. The number of carbonyl (C=O) groups excluding carboxylic acids is 2. The number of benzene rings is 1. The summed E-state index contributed by atoms with van der Waals surface area (Å²) >= 11 is 0. The summed E-state index contributed by atoms with van der Waals surface area (Å²) in [7, 11) is 1.43. The molecular formula is C34H40N6O7. The van der Waals surface area contributed by atoms with Crippen LogP contribution in [0.2, 0.25) is 0 Å². The number of hydrogen-bond donors (Lipinski definition) is 6. The lowest BCUT2D eigenvalue weighted by molar-refractivity contribution is -0.137. The molecule has 0 saturated heterocycles. The molecule has 1 aromatic carbocycles. The van der Waals surface area contributed by atoms with Crippen LogP contribution in [0.1, 0.15) is 33.0 Å². The minimum atomic E-state index is -1.77. The number of amides is 2. The molecule has 3 aromatic heterocycles. The van der Waals surface area contributed by atoms with Crippen molar-refractivity contribution in [1.82, 2.24) is 24.8 Å². The molecule has 47 heavy (non-hydrogen) atoms. The minimum Gasteiger partial charge on any atom is -0.394 e. The first-order valence-electron chi connectivity index (χ1n) is 15.1. The number of anilines is 1. The number of likely N-dealkylation sites (N-methyl/N-ethyl adjacent to an activating group) is 1. The highest BCUT2D eigenvalue weighted by atomic mass is 16.4. The van der Waals surface area contributed by atoms with E-state index < -0.39 is 31.0 Å². The van der Waals surface area contributed by atoms with E-state index in [9.17, 15) is 30.0 Å². The Kier molecular flexibility index (Phi) is 13.0. The highest BCUT2D eigenvalue weighted by Crippen LogP contribution is 2.15. The van der Waals surface area contributed by atoms with Crippen molar-refractivity contribution in [2.24, 2.45) is 0 Å². The van der Waals surface area contributed by atoms with E-state index in [1.165, 1.54) is 18.1 Å². The quantitative estimate of drug-likeness (QED) is 0.101. The van der Waals surface area contributed by atoms with Gasteiger partial charge in [-0.3, -0.25) is 29.4 Å². The maximum atomic E-state index is 12.9. The Morgan fingerprint density at radius 1 is 0.745 bits per heavy atom. The standard InChI is InChI=1S/C34H40N6O7/c1-39(21-29(42)32(45)33(46)30(43)22-41)31(44)16-23-8-11-25(12-9-23)38-34(47)24-10-13-28(37-17-24)20-40(18-26-6-2-4-14-35-26)19-27-7-3-5-15-36-27/h2-15,17,29-30,32-33,41-43,45-46H,16,18-22H2,1H3,(H,38,47)/t29-,30+,32+,33+/m0/s1. The van der Waals surface area contributed by atoms with Gasteiger partial charge in [0, 0.05) is 57.5 Å². The number of rotatable bonds is 16. The first-order valence-corrected chi connectivity index (χ1v) is 15.1. The molecule has 0 bridgehead atoms. The van der Waals surface area contributed by atoms with E-state index in [2.05, 4.69) is 25.2 Å². The van der Waals surface area contributed by atoms with E-state index in [0.29, 0.717) is 36.4 Å². The minimum absolute atomic E-state index is 0.0154. The molecule has 248 valence electrons. The Hall–Kier alpha value is -4.63. The van der Waals surface area contributed by atoms with Gasteiger partial charge >= 0.3 is 0 Å². The van der Waals surface area contributed by atoms with Crippen molar-refractivity contribution < 1.29 is 35.1 Å². The van der Waals surface area contributed by atoms with E-state index in [4.69, 9.17) is 5.11 Å². The summed E-state index contributed by atoms with van der Waals surface area (Å²) < 4.78 is 0. The topological polar surface area (TPSA) is 192 Å². The highest BCUT2D eigenvalue weighted by Gasteiger charge is 2.31. The first kappa shape index (κ1) is 35.2. The molecule has 0 aliphatic carbocycles. The average Bonchev–Trinajstić information content (AvgIpc) is 3.09. The van der Waals surface area contributed by atoms with Crippen LogP contribution in [0.5, 0.6) is 0 Å². The fourth-order valence-electron chi connectivity index (χ4n) is 4.76. The number of aliphatic hydroxyl groups excluding tert-OH is 5. The summed E-state index contributed by atoms with van der Waals surface area (Å²) in [4.78, 5) is 42.3. The fraction of sp³-hybridized carbons (Fsp3) is 0.324. The third-order valence-corrected chi connectivity index (χ3v) is 7.48. The van der Waals surface area contributed by atoms with Crippen molar-refractivity contribution in [2.75, 3.05) is 25.5 Å². The van der Waals surface area contributed by atoms with E-state index in [1.807, 2.05) is 42.5 Å². The van der Waals surface area contributed by atoms with E-state index >= 15 is 0 Å². The Labute approximate surface area is 272 Å². The first-order chi connectivity index (χ1) is 22.6. The molecule has 4 atom stereocenters. The molecular weight excluding hydrogens is 604 g/mol. The normalized spacial score (nSPS) is 13.9. The number of aliphatic hydroxyl groups is 5. The SMILES string of the molecule is CN(C[C@H](O)[C@@H](O)[C@H](O)[C@H](O)CO)C(=O)Cc1ccc(NC(=O)c2ccc(CN(Cc3ccccn3)Cc3ccccn3)nc2)cc1. The molecule has 0 aliphatic rings. The zero-order valence-electron chi connectivity index (χ0n) is 26.0. The van der Waals surface area contributed by atoms with Gasteiger partial charge < -0.3 is 35.7 Å². The zero-order chi connectivity index (χ0) is 33.8. The predicted octanol–water partition coefficient (Wildman–Crippen LogP) is 0.763. The molecule has 0 saturated carbocycles. The van der Waals surface area contributed by atoms with Crippen molar-refractivity contribution in [3.05, 3.63) is 120 Å². The van der Waals surface area contributed by atoms with Crippen LogP contribution in [0.15, 0.2) is 91.4 Å². The molecule has 0 spiro atoms. The molecule has 6 N–H and O–H groups in total. The molecule has 13 nitrogen and oxygen atoms in total. The summed E-state index contributed by atoms with van der Waals surface area (Å²) in [5.74, 6) is -0.706. The molecule has 4 rings (SSSR count). The zero-order valence-corrected chi connectivity index (χ0v) is 26.0. The Morgan fingerprint density at radius 3 is 1.83 bits per heavy atom. The van der Waals surface area contributed by atoms with Crippen LogP contribution in [-0.4, -0.2) is 107 Å². The summed E-state index contributed by atoms with van der Waals surface area (Å²) in [5, 5.41) is 51.1. The van der Waals surface area contributed by atoms with Gasteiger partial charge in [0.25, 0.3) is 5.91 Å². The summed E-state index contributed by atoms with van der Waals surface area (Å²) in [6, 6.07) is 21.8. The van der Waals surface area contributed by atoms with Gasteiger partial charge in [-0.25, -0.2) is 0 Å². The van der Waals surface area contributed by atoms with Crippen LogP contribution in [0, 0.1) is 0 Å². The molecule has 0 unspecified atom stereocenters. The lowest BCUT2D eigenvalue weighted by Gasteiger charge is -2.28. The second kappa shape index (κ2) is 17.3. The van der Waals surface area contributed by atoms with Crippen molar-refractivity contribution in [1.29, 1.82) is 0 Å². The van der Waals surface area contributed by atoms with Crippen LogP contribution in [0.4, 0.5) is 5.69 Å². The van der Waals surface area contributed by atoms with Gasteiger partial charge in [-0.1, -0.05) is 24.3 Å². The van der Waals surface area contributed by atoms with Gasteiger partial charge in [-0.2, -0.15) is 0 Å². The molecule has 0 aliphatic heterocycles. The van der Waals surface area contributed by atoms with Gasteiger partial charge in [0.15, 0.2) is 0 Å². The third kappa shape index (κ3) is 10.7. The van der Waals surface area contributed by atoms with E-state index in [1.54, 1.807) is 42.7 Å². The van der Waals surface area contributed by atoms with Gasteiger partial charge in [-0.05, 0) is 54.1 Å². The van der Waals surface area contributed by atoms with Gasteiger partial charge in [0.05, 0.1) is 35.7 Å². The molecule has 3 heterocycles. The fourth-order valence-corrected chi connectivity index (χ4v) is 4.76. The molecule has 2 amide bonds. The van der Waals surface area contributed by atoms with Crippen molar-refractivity contribution in [3.63, 3.8) is 0 Å². The highest BCUT2D eigenvalue weighted by molar-refractivity contribution is 6.04. The maximum absolute atomic E-state index is 12.9. The molecule has 0 fully saturated rings. The largest absolute Gasteiger partial charge is 0.394 e. The number of aromatic nitrogens is 3. The summed E-state index contributed by atoms with van der Waals surface area (Å²) in [6.07, 6.45) is -1.67. The lowest BCUT2D eigenvalue weighted by Crippen LogP contribution is -2.50. The molecule has 13 heteroatoms. The van der Waals surface area contributed by atoms with Crippen LogP contribution in [0.25, 0.3) is 0 Å². The number of pyridine rings is 3. The van der Waals surface area contributed by atoms with Crippen molar-refractivity contribution in [2.45, 2.75) is 50.5 Å². The van der Waals surface area contributed by atoms with Crippen molar-refractivity contribution >= 4 is 17.5 Å². The van der Waals surface area contributed by atoms with E-state index in [-0.39, 0.29) is 24.8 Å². The summed E-state index contributed by atoms with van der Waals surface area (Å²) in [5.41, 5.74) is 4.19. The van der Waals surface area contributed by atoms with Crippen LogP contribution < -0.4 is 5.32 Å². The number of nitrogens with zero attached hydrogens (tertiary/aromatic N) is 5. The summed E-state index contributed by atoms with van der Waals surface area (Å²) in [6.45, 7) is 0.636. The number of carbonyl (C=O) groups is 2. The Morgan fingerprint density at radius 2 is 1.32 bits per heavy atom. The van der Waals surface area contributed by atoms with Gasteiger partial charge in [-0.15, -0.1) is 0 Å². The second-order valence-corrected chi connectivity index (χ2v) is 11.2. The molecule has 4 aromatic rings. The maximum Gasteiger partial charge on any atom is 0.257 e. The predicted molar refractivity (Wildman–Crippen MR) is 173 cm³/mol. The van der Waals surface area contributed by atoms with Crippen LogP contribution >= 0.6 is 0 Å². The van der Waals surface area contributed by atoms with Gasteiger partial charge in [0.1, 0.15) is 24.4 Å². The monoisotopic (exact) mass is 644 g/mol.